The van der Waals surface area contributed by atoms with E-state index in [1.807, 2.05) is 36.0 Å². The summed E-state index contributed by atoms with van der Waals surface area (Å²) in [5.74, 6) is 1.23. The minimum atomic E-state index is -0.542. The van der Waals surface area contributed by atoms with Crippen LogP contribution in [0.1, 0.15) is 65.7 Å². The van der Waals surface area contributed by atoms with Crippen LogP contribution in [0.2, 0.25) is 0 Å². The fourth-order valence-corrected chi connectivity index (χ4v) is 5.74. The van der Waals surface area contributed by atoms with Gasteiger partial charge in [-0.25, -0.2) is 9.37 Å². The number of rotatable bonds is 5. The molecule has 8 nitrogen and oxygen atoms in total. The van der Waals surface area contributed by atoms with Gasteiger partial charge in [0.15, 0.2) is 0 Å². The highest BCUT2D eigenvalue weighted by atomic mass is 32.2. The molecule has 2 aromatic heterocycles. The average Bonchev–Trinajstić information content (AvgIpc) is 2.94. The second kappa shape index (κ2) is 13.4. The summed E-state index contributed by atoms with van der Waals surface area (Å²) in [6.07, 6.45) is 8.64. The summed E-state index contributed by atoms with van der Waals surface area (Å²) < 4.78 is 18.8. The number of fused-ring (bicyclic) bond motifs is 1. The van der Waals surface area contributed by atoms with Crippen molar-refractivity contribution in [2.45, 2.75) is 57.1 Å². The molecular formula is C28H33FN4O4S. The molecular weight excluding hydrogens is 507 g/mol. The Kier molecular flexibility index (Phi) is 9.75. The van der Waals surface area contributed by atoms with E-state index in [2.05, 4.69) is 20.6 Å². The van der Waals surface area contributed by atoms with Gasteiger partial charge in [0.05, 0.1) is 11.8 Å². The van der Waals surface area contributed by atoms with Crippen LogP contribution >= 0.6 is 11.8 Å². The van der Waals surface area contributed by atoms with Crippen LogP contribution in [-0.4, -0.2) is 52.5 Å². The van der Waals surface area contributed by atoms with Crippen molar-refractivity contribution in [1.29, 1.82) is 0 Å². The lowest BCUT2D eigenvalue weighted by Crippen LogP contribution is -2.36. The first-order chi connectivity index (χ1) is 18.4. The van der Waals surface area contributed by atoms with Gasteiger partial charge in [-0.2, -0.15) is 11.8 Å². The third-order valence-corrected chi connectivity index (χ3v) is 7.72. The van der Waals surface area contributed by atoms with Crippen LogP contribution in [0.25, 0.3) is 10.9 Å². The van der Waals surface area contributed by atoms with Crippen molar-refractivity contribution >= 4 is 34.5 Å². The Morgan fingerprint density at radius 3 is 2.50 bits per heavy atom. The molecule has 0 bridgehead atoms. The Bertz CT molecular complexity index is 1320. The van der Waals surface area contributed by atoms with Gasteiger partial charge in [0, 0.05) is 30.1 Å². The molecule has 1 saturated carbocycles. The second-order valence-corrected chi connectivity index (χ2v) is 10.6. The monoisotopic (exact) mass is 540 g/mol. The van der Waals surface area contributed by atoms with E-state index in [1.54, 1.807) is 0 Å². The second-order valence-electron chi connectivity index (χ2n) is 9.42. The third-order valence-electron chi connectivity index (χ3n) is 6.67. The van der Waals surface area contributed by atoms with Crippen molar-refractivity contribution < 1.29 is 18.7 Å². The van der Waals surface area contributed by atoms with Crippen molar-refractivity contribution in [2.75, 3.05) is 18.6 Å². The van der Waals surface area contributed by atoms with E-state index in [1.165, 1.54) is 32.4 Å². The molecule has 5 rings (SSSR count). The highest BCUT2D eigenvalue weighted by Crippen LogP contribution is 2.24. The fraction of sp³-hybridized carbons (Fsp3) is 0.429. The van der Waals surface area contributed by atoms with Crippen molar-refractivity contribution in [3.8, 4) is 5.88 Å². The topological polar surface area (TPSA) is 113 Å². The Morgan fingerprint density at radius 2 is 1.76 bits per heavy atom. The Labute approximate surface area is 225 Å². The number of ether oxygens (including phenoxy) is 1. The molecule has 0 radical (unpaired) electrons. The molecule has 2 fully saturated rings. The number of halogens is 1. The number of para-hydroxylation sites is 1. The van der Waals surface area contributed by atoms with E-state index in [9.17, 15) is 18.8 Å². The summed E-state index contributed by atoms with van der Waals surface area (Å²) in [5, 5.41) is 6.31. The first-order valence-electron chi connectivity index (χ1n) is 13.0. The maximum absolute atomic E-state index is 13.1. The third kappa shape index (κ3) is 7.34. The van der Waals surface area contributed by atoms with Gasteiger partial charge in [-0.15, -0.1) is 0 Å². The number of nitrogens with one attached hydrogen (secondary N) is 3. The van der Waals surface area contributed by atoms with Gasteiger partial charge in [0.2, 0.25) is 11.4 Å². The molecule has 0 spiro atoms. The van der Waals surface area contributed by atoms with E-state index in [4.69, 9.17) is 4.74 Å². The lowest BCUT2D eigenvalue weighted by Gasteiger charge is -2.23. The van der Waals surface area contributed by atoms with Crippen LogP contribution in [0, 0.1) is 5.82 Å². The normalized spacial score (nSPS) is 16.3. The van der Waals surface area contributed by atoms with Crippen LogP contribution in [-0.2, 0) is 0 Å². The predicted molar refractivity (Wildman–Crippen MR) is 147 cm³/mol. The van der Waals surface area contributed by atoms with Gasteiger partial charge in [-0.1, -0.05) is 37.5 Å². The molecule has 3 N–H and O–H groups in total. The minimum Gasteiger partial charge on any atom is -0.474 e. The average molecular weight is 541 g/mol. The molecule has 2 amide bonds. The largest absolute Gasteiger partial charge is 0.474 e. The quantitative estimate of drug-likeness (QED) is 0.441. The summed E-state index contributed by atoms with van der Waals surface area (Å²) in [5.41, 5.74) is 1.08. The van der Waals surface area contributed by atoms with Crippen LogP contribution in [0.15, 0.2) is 47.4 Å². The van der Waals surface area contributed by atoms with Crippen molar-refractivity contribution in [2.24, 2.45) is 0 Å². The van der Waals surface area contributed by atoms with Gasteiger partial charge in [-0.05, 0) is 49.3 Å². The Morgan fingerprint density at radius 1 is 1.03 bits per heavy atom. The number of H-pyrrole nitrogens is 1. The lowest BCUT2D eigenvalue weighted by molar-refractivity contribution is 0.0926. The predicted octanol–water partition coefficient (Wildman–Crippen LogP) is 4.45. The van der Waals surface area contributed by atoms with E-state index in [0.717, 1.165) is 54.8 Å². The van der Waals surface area contributed by atoms with Gasteiger partial charge >= 0.3 is 0 Å². The molecule has 202 valence electrons. The molecule has 3 heterocycles. The number of aromatic nitrogens is 2. The van der Waals surface area contributed by atoms with E-state index in [-0.39, 0.29) is 41.0 Å². The summed E-state index contributed by atoms with van der Waals surface area (Å²) in [6.45, 7) is 0. The number of hydrogen-bond acceptors (Lipinski definition) is 6. The number of amides is 2. The number of hydrogen-bond donors (Lipinski definition) is 3. The lowest BCUT2D eigenvalue weighted by atomic mass is 9.95. The Balaban J connectivity index is 0.000000178. The van der Waals surface area contributed by atoms with Crippen LogP contribution < -0.4 is 20.9 Å². The summed E-state index contributed by atoms with van der Waals surface area (Å²) in [6, 6.07) is 10.2. The minimum absolute atomic E-state index is 0.0626. The number of aromatic amines is 1. The SMILES string of the molecule is CNC(=O)c1cc(F)cnc1OC1CCSCC1.O=C(NC1CCCCC1)c1cc(=O)[nH]c2ccccc12. The van der Waals surface area contributed by atoms with Gasteiger partial charge in [-0.3, -0.25) is 14.4 Å². The van der Waals surface area contributed by atoms with Crippen LogP contribution in [0.3, 0.4) is 0 Å². The smallest absolute Gasteiger partial charge is 0.256 e. The van der Waals surface area contributed by atoms with Crippen LogP contribution in [0.5, 0.6) is 5.88 Å². The zero-order valence-corrected chi connectivity index (χ0v) is 22.2. The van der Waals surface area contributed by atoms with Gasteiger partial charge < -0.3 is 20.4 Å². The molecule has 10 heteroatoms. The van der Waals surface area contributed by atoms with Crippen molar-refractivity contribution in [1.82, 2.24) is 20.6 Å². The van der Waals surface area contributed by atoms with Gasteiger partial charge in [0.1, 0.15) is 17.5 Å². The highest BCUT2D eigenvalue weighted by Gasteiger charge is 2.21. The fourth-order valence-electron chi connectivity index (χ4n) is 4.67. The molecule has 1 aliphatic carbocycles. The van der Waals surface area contributed by atoms with Crippen molar-refractivity contribution in [3.05, 3.63) is 69.9 Å². The van der Waals surface area contributed by atoms with E-state index in [0.29, 0.717) is 11.1 Å². The molecule has 1 aliphatic heterocycles. The number of carbonyl (C=O) groups is 2. The van der Waals surface area contributed by atoms with Crippen LogP contribution in [0.4, 0.5) is 4.39 Å². The summed E-state index contributed by atoms with van der Waals surface area (Å²) in [7, 11) is 1.49. The molecule has 38 heavy (non-hydrogen) atoms. The maximum Gasteiger partial charge on any atom is 0.256 e. The molecule has 2 aliphatic rings. The highest BCUT2D eigenvalue weighted by molar-refractivity contribution is 7.99. The standard InChI is InChI=1S/C16H18N2O2.C12H15FN2O2S/c19-15-10-13(12-8-4-5-9-14(12)18-15)16(20)17-11-6-2-1-3-7-11;1-14-11(16)10-6-8(13)7-15-12(10)17-9-2-4-18-5-3-9/h4-5,8-11H,1-3,6-7H2,(H,17,20)(H,18,19);6-7,9H,2-5H2,1H3,(H,14,16). The van der Waals surface area contributed by atoms with E-state index < -0.39 is 5.82 Å². The van der Waals surface area contributed by atoms with Crippen molar-refractivity contribution in [3.63, 3.8) is 0 Å². The first kappa shape index (κ1) is 27.6. The molecule has 3 aromatic rings. The molecule has 0 atom stereocenters. The Hall–Kier alpha value is -3.40. The van der Waals surface area contributed by atoms with Gasteiger partial charge in [0.25, 0.3) is 11.8 Å². The molecule has 1 saturated heterocycles. The first-order valence-corrected chi connectivity index (χ1v) is 14.1. The number of carbonyl (C=O) groups excluding carboxylic acids is 2. The summed E-state index contributed by atoms with van der Waals surface area (Å²) >= 11 is 1.89. The zero-order valence-electron chi connectivity index (χ0n) is 21.4. The number of benzene rings is 1. The number of nitrogens with zero attached hydrogens (tertiary/aromatic N) is 1. The molecule has 1 aromatic carbocycles. The number of thioether (sulfide) groups is 1. The molecule has 0 unspecified atom stereocenters. The maximum atomic E-state index is 13.1. The summed E-state index contributed by atoms with van der Waals surface area (Å²) in [4.78, 5) is 42.3. The zero-order chi connectivity index (χ0) is 26.9. The number of pyridine rings is 2. The van der Waals surface area contributed by atoms with E-state index >= 15 is 0 Å².